The maximum Gasteiger partial charge on any atom is 0.266 e. The Kier molecular flexibility index (Phi) is 5.96. The number of halogens is 2. The molecule has 0 bridgehead atoms. The van der Waals surface area contributed by atoms with Gasteiger partial charge in [-0.05, 0) is 42.5 Å². The average molecular weight is 484 g/mol. The number of rotatable bonds is 5. The molecule has 0 aliphatic carbocycles. The van der Waals surface area contributed by atoms with Crippen LogP contribution in [-0.2, 0) is 4.79 Å². The Hall–Kier alpha value is -2.97. The molecule has 0 fully saturated rings. The van der Waals surface area contributed by atoms with E-state index >= 15 is 0 Å². The Morgan fingerprint density at radius 3 is 2.57 bits per heavy atom. The summed E-state index contributed by atoms with van der Waals surface area (Å²) < 4.78 is 16.0. The number of nitrogens with one attached hydrogen (secondary N) is 1. The van der Waals surface area contributed by atoms with Crippen LogP contribution in [-0.4, -0.2) is 21.2 Å². The molecule has 1 N–H and O–H groups in total. The van der Waals surface area contributed by atoms with E-state index in [4.69, 9.17) is 0 Å². The zero-order chi connectivity index (χ0) is 21.1. The second-order valence-electron chi connectivity index (χ2n) is 6.35. The average Bonchev–Trinajstić information content (AvgIpc) is 2.75. The van der Waals surface area contributed by atoms with Gasteiger partial charge in [0.25, 0.3) is 5.56 Å². The van der Waals surface area contributed by atoms with Crippen LogP contribution in [0.4, 0.5) is 10.1 Å². The van der Waals surface area contributed by atoms with Crippen LogP contribution in [0.15, 0.2) is 87.2 Å². The van der Waals surface area contributed by atoms with Gasteiger partial charge in [-0.1, -0.05) is 58.0 Å². The molecule has 0 atom stereocenters. The number of benzene rings is 3. The first-order valence-electron chi connectivity index (χ1n) is 8.98. The minimum absolute atomic E-state index is 0.0346. The first kappa shape index (κ1) is 20.3. The Morgan fingerprint density at radius 1 is 1.07 bits per heavy atom. The lowest BCUT2D eigenvalue weighted by molar-refractivity contribution is -0.113. The fraction of sp³-hybridized carbons (Fsp3) is 0.0455. The van der Waals surface area contributed by atoms with Gasteiger partial charge in [-0.2, -0.15) is 0 Å². The van der Waals surface area contributed by atoms with E-state index in [0.717, 1.165) is 11.8 Å². The number of fused-ring (bicyclic) bond motifs is 1. The predicted molar refractivity (Wildman–Crippen MR) is 121 cm³/mol. The normalized spacial score (nSPS) is 10.9. The van der Waals surface area contributed by atoms with Crippen LogP contribution in [0.5, 0.6) is 0 Å². The van der Waals surface area contributed by atoms with E-state index in [1.807, 2.05) is 18.2 Å². The molecule has 0 radical (unpaired) electrons. The van der Waals surface area contributed by atoms with Crippen LogP contribution in [0.25, 0.3) is 16.6 Å². The predicted octanol–water partition coefficient (Wildman–Crippen LogP) is 5.02. The lowest BCUT2D eigenvalue weighted by atomic mass is 10.2. The summed E-state index contributed by atoms with van der Waals surface area (Å²) in [5.41, 5.74) is 1.09. The molecular weight excluding hydrogens is 469 g/mol. The molecule has 0 spiro atoms. The van der Waals surface area contributed by atoms with E-state index in [2.05, 4.69) is 26.2 Å². The SMILES string of the molecule is O=C(CSc1nc2ccccc2c(=O)n1-c1ccccc1)Nc1ccc(Br)cc1F. The Bertz CT molecular complexity index is 1290. The van der Waals surface area contributed by atoms with Crippen LogP contribution >= 0.6 is 27.7 Å². The van der Waals surface area contributed by atoms with Crippen molar-refractivity contribution in [3.05, 3.63) is 93.4 Å². The number of anilines is 1. The summed E-state index contributed by atoms with van der Waals surface area (Å²) >= 11 is 4.30. The van der Waals surface area contributed by atoms with Crippen LogP contribution in [0.1, 0.15) is 0 Å². The largest absolute Gasteiger partial charge is 0.323 e. The van der Waals surface area contributed by atoms with Gasteiger partial charge < -0.3 is 5.32 Å². The molecule has 5 nitrogen and oxygen atoms in total. The summed E-state index contributed by atoms with van der Waals surface area (Å²) in [6, 6.07) is 20.6. The molecule has 0 aliphatic rings. The number of hydrogen-bond donors (Lipinski definition) is 1. The molecule has 150 valence electrons. The third-order valence-electron chi connectivity index (χ3n) is 4.30. The van der Waals surface area contributed by atoms with Crippen molar-refractivity contribution in [1.29, 1.82) is 0 Å². The maximum absolute atomic E-state index is 14.0. The van der Waals surface area contributed by atoms with E-state index in [9.17, 15) is 14.0 Å². The lowest BCUT2D eigenvalue weighted by Gasteiger charge is -2.13. The van der Waals surface area contributed by atoms with Crippen molar-refractivity contribution < 1.29 is 9.18 Å². The van der Waals surface area contributed by atoms with Crippen molar-refractivity contribution in [2.45, 2.75) is 5.16 Å². The van der Waals surface area contributed by atoms with Crippen molar-refractivity contribution >= 4 is 50.2 Å². The van der Waals surface area contributed by atoms with Gasteiger partial charge in [0.05, 0.1) is 28.0 Å². The van der Waals surface area contributed by atoms with Crippen LogP contribution in [0, 0.1) is 5.82 Å². The second-order valence-corrected chi connectivity index (χ2v) is 8.21. The zero-order valence-corrected chi connectivity index (χ0v) is 17.9. The van der Waals surface area contributed by atoms with Gasteiger partial charge in [-0.25, -0.2) is 9.37 Å². The van der Waals surface area contributed by atoms with Gasteiger partial charge >= 0.3 is 0 Å². The van der Waals surface area contributed by atoms with Gasteiger partial charge in [0.1, 0.15) is 5.82 Å². The first-order valence-corrected chi connectivity index (χ1v) is 10.8. The highest BCUT2D eigenvalue weighted by Crippen LogP contribution is 2.23. The second kappa shape index (κ2) is 8.81. The summed E-state index contributed by atoms with van der Waals surface area (Å²) in [5.74, 6) is -0.969. The van der Waals surface area contributed by atoms with Crippen LogP contribution < -0.4 is 10.9 Å². The molecule has 3 aromatic carbocycles. The molecule has 0 aliphatic heterocycles. The number of para-hydroxylation sites is 2. The molecule has 0 saturated heterocycles. The topological polar surface area (TPSA) is 64.0 Å². The third kappa shape index (κ3) is 4.29. The summed E-state index contributed by atoms with van der Waals surface area (Å²) in [6.07, 6.45) is 0. The highest BCUT2D eigenvalue weighted by molar-refractivity contribution is 9.10. The minimum Gasteiger partial charge on any atom is -0.323 e. The van der Waals surface area contributed by atoms with Crippen molar-refractivity contribution in [3.63, 3.8) is 0 Å². The number of thioether (sulfide) groups is 1. The van der Waals surface area contributed by atoms with Crippen LogP contribution in [0.3, 0.4) is 0 Å². The van der Waals surface area contributed by atoms with Gasteiger partial charge in [0.2, 0.25) is 5.91 Å². The monoisotopic (exact) mass is 483 g/mol. The van der Waals surface area contributed by atoms with Gasteiger partial charge in [0.15, 0.2) is 5.16 Å². The number of hydrogen-bond acceptors (Lipinski definition) is 4. The van der Waals surface area contributed by atoms with Crippen molar-refractivity contribution in [3.8, 4) is 5.69 Å². The molecule has 0 saturated carbocycles. The fourth-order valence-electron chi connectivity index (χ4n) is 2.92. The zero-order valence-electron chi connectivity index (χ0n) is 15.5. The number of carbonyl (C=O) groups is 1. The fourth-order valence-corrected chi connectivity index (χ4v) is 4.07. The summed E-state index contributed by atoms with van der Waals surface area (Å²) in [6.45, 7) is 0. The maximum atomic E-state index is 14.0. The van der Waals surface area contributed by atoms with E-state index in [0.29, 0.717) is 26.2 Å². The van der Waals surface area contributed by atoms with Gasteiger partial charge in [0, 0.05) is 4.47 Å². The van der Waals surface area contributed by atoms with E-state index in [-0.39, 0.29) is 17.0 Å². The molecule has 4 aromatic rings. The molecule has 1 aromatic heterocycles. The number of aromatic nitrogens is 2. The molecule has 0 unspecified atom stereocenters. The van der Waals surface area contributed by atoms with Crippen molar-refractivity contribution in [2.75, 3.05) is 11.1 Å². The molecule has 4 rings (SSSR count). The molecule has 1 amide bonds. The smallest absolute Gasteiger partial charge is 0.266 e. The summed E-state index contributed by atoms with van der Waals surface area (Å²) in [7, 11) is 0. The first-order chi connectivity index (χ1) is 14.5. The molecular formula is C22H15BrFN3O2S. The summed E-state index contributed by atoms with van der Waals surface area (Å²) in [5, 5.41) is 3.43. The van der Waals surface area contributed by atoms with Crippen LogP contribution in [0.2, 0.25) is 0 Å². The number of nitrogens with zero attached hydrogens (tertiary/aromatic N) is 2. The van der Waals surface area contributed by atoms with E-state index in [1.165, 1.54) is 16.7 Å². The Balaban J connectivity index is 1.65. The standard InChI is InChI=1S/C22H15BrFN3O2S/c23-14-10-11-19(17(24)12-14)25-20(28)13-30-22-26-18-9-5-4-8-16(18)21(29)27(22)15-6-2-1-3-7-15/h1-12H,13H2,(H,25,28). The number of carbonyl (C=O) groups excluding carboxylic acids is 1. The quantitative estimate of drug-likeness (QED) is 0.319. The Labute approximate surface area is 184 Å². The highest BCUT2D eigenvalue weighted by Gasteiger charge is 2.15. The van der Waals surface area contributed by atoms with E-state index in [1.54, 1.807) is 42.5 Å². The van der Waals surface area contributed by atoms with Gasteiger partial charge in [-0.15, -0.1) is 0 Å². The Morgan fingerprint density at radius 2 is 1.80 bits per heavy atom. The van der Waals surface area contributed by atoms with E-state index < -0.39 is 11.7 Å². The molecule has 8 heteroatoms. The summed E-state index contributed by atoms with van der Waals surface area (Å²) in [4.78, 5) is 30.1. The third-order valence-corrected chi connectivity index (χ3v) is 5.73. The van der Waals surface area contributed by atoms with Crippen molar-refractivity contribution in [2.24, 2.45) is 0 Å². The lowest BCUT2D eigenvalue weighted by Crippen LogP contribution is -2.23. The minimum atomic E-state index is -0.534. The number of amides is 1. The molecule has 30 heavy (non-hydrogen) atoms. The molecule has 1 heterocycles. The van der Waals surface area contributed by atoms with Gasteiger partial charge in [-0.3, -0.25) is 14.2 Å². The van der Waals surface area contributed by atoms with Crippen molar-refractivity contribution in [1.82, 2.24) is 9.55 Å². The highest BCUT2D eigenvalue weighted by atomic mass is 79.9.